The fraction of sp³-hybridized carbons (Fsp3) is 0.389. The van der Waals surface area contributed by atoms with Gasteiger partial charge in [0.1, 0.15) is 11.4 Å². The highest BCUT2D eigenvalue weighted by Gasteiger charge is 2.32. The van der Waals surface area contributed by atoms with Crippen molar-refractivity contribution in [3.05, 3.63) is 36.0 Å². The molecular weight excluding hydrogens is 320 g/mol. The van der Waals surface area contributed by atoms with Crippen LogP contribution < -0.4 is 5.32 Å². The van der Waals surface area contributed by atoms with Crippen LogP contribution in [0.1, 0.15) is 12.1 Å². The van der Waals surface area contributed by atoms with E-state index in [1.807, 2.05) is 44.4 Å². The molecule has 1 aliphatic rings. The van der Waals surface area contributed by atoms with Gasteiger partial charge in [-0.05, 0) is 27.4 Å². The summed E-state index contributed by atoms with van der Waals surface area (Å²) in [6.45, 7) is 2.88. The first-order chi connectivity index (χ1) is 12.0. The first kappa shape index (κ1) is 17.2. The number of benzene rings is 1. The van der Waals surface area contributed by atoms with Gasteiger partial charge in [-0.25, -0.2) is 0 Å². The van der Waals surface area contributed by atoms with Crippen molar-refractivity contribution >= 4 is 17.5 Å². The van der Waals surface area contributed by atoms with Gasteiger partial charge in [0.15, 0.2) is 5.76 Å². The van der Waals surface area contributed by atoms with E-state index in [0.717, 1.165) is 12.0 Å². The third-order valence-electron chi connectivity index (χ3n) is 4.51. The minimum atomic E-state index is -0.664. The van der Waals surface area contributed by atoms with Crippen LogP contribution in [0.25, 0.3) is 11.3 Å². The molecule has 1 aromatic heterocycles. The van der Waals surface area contributed by atoms with Crippen LogP contribution in [0.4, 0.5) is 5.69 Å². The zero-order valence-electron chi connectivity index (χ0n) is 14.7. The molecule has 0 radical (unpaired) electrons. The molecule has 0 bridgehead atoms. The molecule has 0 unspecified atom stereocenters. The van der Waals surface area contributed by atoms with Crippen LogP contribution in [0.5, 0.6) is 0 Å². The molecule has 132 valence electrons. The summed E-state index contributed by atoms with van der Waals surface area (Å²) in [7, 11) is 3.96. The lowest BCUT2D eigenvalue weighted by atomic mass is 10.1. The van der Waals surface area contributed by atoms with Crippen molar-refractivity contribution in [2.24, 2.45) is 0 Å². The summed E-state index contributed by atoms with van der Waals surface area (Å²) in [5, 5.41) is 6.59. The van der Waals surface area contributed by atoms with Gasteiger partial charge in [-0.2, -0.15) is 0 Å². The van der Waals surface area contributed by atoms with Gasteiger partial charge in [0.25, 0.3) is 0 Å². The maximum absolute atomic E-state index is 12.4. The highest BCUT2D eigenvalue weighted by molar-refractivity contribution is 6.39. The van der Waals surface area contributed by atoms with Gasteiger partial charge in [-0.15, -0.1) is 0 Å². The van der Waals surface area contributed by atoms with Crippen LogP contribution in [-0.4, -0.2) is 60.0 Å². The number of anilines is 1. The zero-order chi connectivity index (χ0) is 18.0. The van der Waals surface area contributed by atoms with E-state index in [1.165, 1.54) is 0 Å². The minimum Gasteiger partial charge on any atom is -0.354 e. The predicted octanol–water partition coefficient (Wildman–Crippen LogP) is 1.75. The Bertz CT molecular complexity index is 770. The monoisotopic (exact) mass is 342 g/mol. The molecule has 1 fully saturated rings. The van der Waals surface area contributed by atoms with Gasteiger partial charge < -0.3 is 19.6 Å². The topological polar surface area (TPSA) is 78.7 Å². The summed E-state index contributed by atoms with van der Waals surface area (Å²) in [6, 6.07) is 9.64. The average Bonchev–Trinajstić information content (AvgIpc) is 3.23. The van der Waals surface area contributed by atoms with Crippen molar-refractivity contribution in [3.8, 4) is 11.3 Å². The first-order valence-electron chi connectivity index (χ1n) is 8.25. The van der Waals surface area contributed by atoms with Crippen molar-refractivity contribution in [1.82, 2.24) is 15.0 Å². The average molecular weight is 342 g/mol. The molecule has 0 saturated carbocycles. The van der Waals surface area contributed by atoms with E-state index >= 15 is 0 Å². The van der Waals surface area contributed by atoms with E-state index in [2.05, 4.69) is 15.4 Å². The molecule has 1 atom stereocenters. The molecule has 7 heteroatoms. The van der Waals surface area contributed by atoms with Crippen molar-refractivity contribution < 1.29 is 14.1 Å². The van der Waals surface area contributed by atoms with Crippen molar-refractivity contribution in [1.29, 1.82) is 0 Å². The number of likely N-dealkylation sites (N-methyl/N-ethyl adjacent to an activating group) is 1. The Labute approximate surface area is 146 Å². The number of nitrogens with one attached hydrogen (secondary N) is 1. The van der Waals surface area contributed by atoms with Gasteiger partial charge in [0.05, 0.1) is 0 Å². The molecule has 1 aromatic carbocycles. The number of carbonyl (C=O) groups excluding carboxylic acids is 2. The number of likely N-dealkylation sites (tertiary alicyclic amines) is 1. The van der Waals surface area contributed by atoms with Crippen LogP contribution in [0.2, 0.25) is 0 Å². The summed E-state index contributed by atoms with van der Waals surface area (Å²) in [4.78, 5) is 28.5. The fourth-order valence-corrected chi connectivity index (χ4v) is 2.96. The third kappa shape index (κ3) is 3.56. The molecule has 7 nitrogen and oxygen atoms in total. The predicted molar refractivity (Wildman–Crippen MR) is 94.0 cm³/mol. The number of nitrogens with zero attached hydrogens (tertiary/aromatic N) is 3. The molecule has 2 heterocycles. The van der Waals surface area contributed by atoms with Crippen molar-refractivity contribution in [3.63, 3.8) is 0 Å². The second-order valence-electron chi connectivity index (χ2n) is 6.45. The number of carbonyl (C=O) groups is 2. The Kier molecular flexibility index (Phi) is 4.85. The molecular formula is C18H22N4O3. The van der Waals surface area contributed by atoms with Crippen LogP contribution in [-0.2, 0) is 9.59 Å². The number of aryl methyl sites for hydroxylation is 1. The van der Waals surface area contributed by atoms with Crippen molar-refractivity contribution in [2.75, 3.05) is 32.5 Å². The Hall–Kier alpha value is -2.67. The minimum absolute atomic E-state index is 0.286. The van der Waals surface area contributed by atoms with Gasteiger partial charge >= 0.3 is 11.8 Å². The summed E-state index contributed by atoms with van der Waals surface area (Å²) >= 11 is 0. The molecule has 25 heavy (non-hydrogen) atoms. The van der Waals surface area contributed by atoms with Gasteiger partial charge in [0.2, 0.25) is 0 Å². The maximum Gasteiger partial charge on any atom is 0.314 e. The largest absolute Gasteiger partial charge is 0.354 e. The fourth-order valence-electron chi connectivity index (χ4n) is 2.96. The number of amides is 2. The normalized spacial score (nSPS) is 17.1. The van der Waals surface area contributed by atoms with Crippen LogP contribution in [0.3, 0.4) is 0 Å². The summed E-state index contributed by atoms with van der Waals surface area (Å²) in [6.07, 6.45) is 0.869. The van der Waals surface area contributed by atoms with Crippen LogP contribution in [0.15, 0.2) is 34.9 Å². The Morgan fingerprint density at radius 3 is 2.64 bits per heavy atom. The van der Waals surface area contributed by atoms with Crippen molar-refractivity contribution in [2.45, 2.75) is 19.4 Å². The molecule has 2 aromatic rings. The second kappa shape index (κ2) is 7.06. The maximum atomic E-state index is 12.4. The number of hydrogen-bond acceptors (Lipinski definition) is 5. The molecule has 1 N–H and O–H groups in total. The van der Waals surface area contributed by atoms with Crippen LogP contribution >= 0.6 is 0 Å². The van der Waals surface area contributed by atoms with E-state index < -0.39 is 11.8 Å². The smallest absolute Gasteiger partial charge is 0.314 e. The highest BCUT2D eigenvalue weighted by Crippen LogP contribution is 2.30. The lowest BCUT2D eigenvalue weighted by molar-refractivity contribution is -0.142. The second-order valence-corrected chi connectivity index (χ2v) is 6.45. The molecule has 1 aliphatic heterocycles. The van der Waals surface area contributed by atoms with Gasteiger partial charge in [-0.3, -0.25) is 9.59 Å². The van der Waals surface area contributed by atoms with E-state index in [0.29, 0.717) is 30.2 Å². The summed E-state index contributed by atoms with van der Waals surface area (Å²) in [5.74, 6) is -0.737. The highest BCUT2D eigenvalue weighted by atomic mass is 16.5. The van der Waals surface area contributed by atoms with E-state index in [9.17, 15) is 9.59 Å². The lowest BCUT2D eigenvalue weighted by Gasteiger charge is -2.20. The molecule has 3 rings (SSSR count). The summed E-state index contributed by atoms with van der Waals surface area (Å²) < 4.78 is 5.34. The first-order valence-corrected chi connectivity index (χ1v) is 8.25. The molecule has 0 aliphatic carbocycles. The SMILES string of the molecule is Cc1noc(-c2ccccc2)c1NC(=O)C(=O)N1CC[C@H](N(C)C)C1. The molecule has 2 amide bonds. The van der Waals surface area contributed by atoms with E-state index in [4.69, 9.17) is 4.52 Å². The molecule has 1 saturated heterocycles. The standard InChI is InChI=1S/C18H22N4O3/c1-12-15(16(25-20-12)13-7-5-4-6-8-13)19-17(23)18(24)22-10-9-14(11-22)21(2)3/h4-8,14H,9-11H2,1-3H3,(H,19,23)/t14-/m0/s1. The Balaban J connectivity index is 1.74. The Morgan fingerprint density at radius 1 is 1.28 bits per heavy atom. The van der Waals surface area contributed by atoms with Gasteiger partial charge in [0, 0.05) is 24.7 Å². The Morgan fingerprint density at radius 2 is 2.00 bits per heavy atom. The number of aromatic nitrogens is 1. The van der Waals surface area contributed by atoms with Crippen LogP contribution in [0, 0.1) is 6.92 Å². The lowest BCUT2D eigenvalue weighted by Crippen LogP contribution is -2.40. The number of rotatable bonds is 3. The summed E-state index contributed by atoms with van der Waals surface area (Å²) in [5.41, 5.74) is 1.76. The van der Waals surface area contributed by atoms with E-state index in [-0.39, 0.29) is 6.04 Å². The third-order valence-corrected chi connectivity index (χ3v) is 4.51. The number of hydrogen-bond donors (Lipinski definition) is 1. The zero-order valence-corrected chi connectivity index (χ0v) is 14.7. The quantitative estimate of drug-likeness (QED) is 0.860. The molecule has 0 spiro atoms. The van der Waals surface area contributed by atoms with E-state index in [1.54, 1.807) is 11.8 Å². The van der Waals surface area contributed by atoms with Gasteiger partial charge in [-0.1, -0.05) is 35.5 Å².